The summed E-state index contributed by atoms with van der Waals surface area (Å²) in [6.07, 6.45) is 0. The molecule has 0 aromatic heterocycles. The van der Waals surface area contributed by atoms with Crippen molar-refractivity contribution in [1.82, 2.24) is 0 Å². The van der Waals surface area contributed by atoms with E-state index in [1.165, 1.54) is 0 Å². The number of rotatable bonds is 0. The second-order valence-electron chi connectivity index (χ2n) is 0. The average molecular weight is 168 g/mol. The van der Waals surface area contributed by atoms with Gasteiger partial charge >= 0.3 is 51.4 Å². The molecule has 25 valence electrons. The first-order chi connectivity index (χ1) is 0. The van der Waals surface area contributed by atoms with Gasteiger partial charge in [-0.05, 0) is 0 Å². The Balaban J connectivity index is 0. The quantitative estimate of drug-likeness (QED) is 0.365. The van der Waals surface area contributed by atoms with Crippen molar-refractivity contribution in [1.29, 1.82) is 0 Å². The van der Waals surface area contributed by atoms with E-state index in [1.54, 1.807) is 0 Å². The van der Waals surface area contributed by atoms with Gasteiger partial charge in [0.15, 0.2) is 0 Å². The standard InChI is InChI=1S/2ClH.K.Mn.H/h2*1H;;;/q;;+1;;-1. The molecule has 0 aliphatic heterocycles. The maximum atomic E-state index is 0. The van der Waals surface area contributed by atoms with Crippen LogP contribution in [0.25, 0.3) is 0 Å². The van der Waals surface area contributed by atoms with Gasteiger partial charge in [-0.15, -0.1) is 24.8 Å². The fourth-order valence-electron chi connectivity index (χ4n) is 0. The number of halogens is 2. The van der Waals surface area contributed by atoms with E-state index >= 15 is 0 Å². The Bertz CT molecular complexity index is 9.61. The van der Waals surface area contributed by atoms with E-state index in [0.29, 0.717) is 0 Å². The first kappa shape index (κ1) is 29.6. The van der Waals surface area contributed by atoms with Gasteiger partial charge in [0.2, 0.25) is 0 Å². The Morgan fingerprint density at radius 1 is 1.00 bits per heavy atom. The Morgan fingerprint density at radius 2 is 1.00 bits per heavy atom. The van der Waals surface area contributed by atoms with Gasteiger partial charge in [-0.3, -0.25) is 0 Å². The molecule has 1 radical (unpaired) electrons. The second kappa shape index (κ2) is 17.2. The fourth-order valence-corrected chi connectivity index (χ4v) is 0. The molecule has 0 fully saturated rings. The van der Waals surface area contributed by atoms with Crippen LogP contribution in [0.5, 0.6) is 0 Å². The van der Waals surface area contributed by atoms with Crippen LogP contribution < -0.4 is 51.4 Å². The zero-order valence-electron chi connectivity index (χ0n) is 3.19. The molecule has 0 saturated heterocycles. The molecule has 0 saturated carbocycles. The molecule has 0 N–H and O–H groups in total. The Morgan fingerprint density at radius 3 is 1.00 bits per heavy atom. The molecule has 0 aliphatic carbocycles. The zero-order valence-corrected chi connectivity index (χ0v) is 8.13. The summed E-state index contributed by atoms with van der Waals surface area (Å²) in [7, 11) is 0. The van der Waals surface area contributed by atoms with Crippen LogP contribution in [0.4, 0.5) is 0 Å². The summed E-state index contributed by atoms with van der Waals surface area (Å²) in [6, 6.07) is 0. The molecule has 4 heteroatoms. The predicted octanol–water partition coefficient (Wildman–Crippen LogP) is -2.04. The largest absolute Gasteiger partial charge is 1.00 e. The van der Waals surface area contributed by atoms with E-state index < -0.39 is 0 Å². The first-order valence-corrected chi connectivity index (χ1v) is 0. The summed E-state index contributed by atoms with van der Waals surface area (Å²) >= 11 is 0. The van der Waals surface area contributed by atoms with Crippen LogP contribution in [0.3, 0.4) is 0 Å². The van der Waals surface area contributed by atoms with Gasteiger partial charge in [-0.1, -0.05) is 0 Å². The molecule has 0 heterocycles. The van der Waals surface area contributed by atoms with Gasteiger partial charge in [-0.2, -0.15) is 0 Å². The maximum Gasteiger partial charge on any atom is 1.00 e. The molecule has 0 atom stereocenters. The predicted molar refractivity (Wildman–Crippen MR) is 15.6 cm³/mol. The summed E-state index contributed by atoms with van der Waals surface area (Å²) in [6.45, 7) is 0. The molecule has 0 nitrogen and oxygen atoms in total. The smallest absolute Gasteiger partial charge is 1.00 e. The monoisotopic (exact) mass is 167 g/mol. The van der Waals surface area contributed by atoms with Crippen molar-refractivity contribution < 1.29 is 69.9 Å². The molecule has 0 spiro atoms. The van der Waals surface area contributed by atoms with Crippen molar-refractivity contribution in [3.8, 4) is 0 Å². The number of hydrogen-bond donors (Lipinski definition) is 0. The van der Waals surface area contributed by atoms with Crippen LogP contribution in [0.1, 0.15) is 1.43 Å². The SMILES string of the molecule is Cl.Cl.[H-].[K+].[Mn]. The van der Waals surface area contributed by atoms with Crippen LogP contribution >= 0.6 is 24.8 Å². The normalized spacial score (nSPS) is 0. The van der Waals surface area contributed by atoms with Crippen molar-refractivity contribution in [3.05, 3.63) is 0 Å². The van der Waals surface area contributed by atoms with Gasteiger partial charge in [0.1, 0.15) is 0 Å². The zero-order chi connectivity index (χ0) is 0. The van der Waals surface area contributed by atoms with Crippen LogP contribution in [-0.4, -0.2) is 0 Å². The Hall–Kier alpha value is 2.74. The second-order valence-corrected chi connectivity index (χ2v) is 0. The topological polar surface area (TPSA) is 0 Å². The Labute approximate surface area is 92.7 Å². The molecule has 0 unspecified atom stereocenters. The van der Waals surface area contributed by atoms with Gasteiger partial charge in [0, 0.05) is 17.1 Å². The minimum Gasteiger partial charge on any atom is -1.00 e. The molecule has 0 bridgehead atoms. The fraction of sp³-hybridized carbons (Fsp3) is 0. The van der Waals surface area contributed by atoms with Crippen molar-refractivity contribution in [2.24, 2.45) is 0 Å². The van der Waals surface area contributed by atoms with E-state index in [2.05, 4.69) is 0 Å². The van der Waals surface area contributed by atoms with E-state index in [0.717, 1.165) is 0 Å². The van der Waals surface area contributed by atoms with Gasteiger partial charge < -0.3 is 1.43 Å². The van der Waals surface area contributed by atoms with Gasteiger partial charge in [0.25, 0.3) is 0 Å². The third-order valence-corrected chi connectivity index (χ3v) is 0. The van der Waals surface area contributed by atoms with Crippen molar-refractivity contribution >= 4 is 24.8 Å². The minimum atomic E-state index is 0. The third-order valence-electron chi connectivity index (χ3n) is 0. The molecular formula is H3Cl2KMn. The molecule has 4 heavy (non-hydrogen) atoms. The van der Waals surface area contributed by atoms with Crippen LogP contribution in [0.15, 0.2) is 0 Å². The van der Waals surface area contributed by atoms with E-state index in [1.807, 2.05) is 0 Å². The molecule has 0 aliphatic rings. The van der Waals surface area contributed by atoms with Gasteiger partial charge in [-0.25, -0.2) is 0 Å². The Kier molecular flexibility index (Phi) is 127. The third kappa shape index (κ3) is 8.83. The number of hydrogen-bond acceptors (Lipinski definition) is 0. The van der Waals surface area contributed by atoms with E-state index in [9.17, 15) is 0 Å². The summed E-state index contributed by atoms with van der Waals surface area (Å²) < 4.78 is 0. The average Bonchev–Trinajstić information content (AvgIpc) is 0. The van der Waals surface area contributed by atoms with Crippen molar-refractivity contribution in [3.63, 3.8) is 0 Å². The molecular weight excluding hydrogens is 165 g/mol. The van der Waals surface area contributed by atoms with Crippen LogP contribution in [0, 0.1) is 0 Å². The van der Waals surface area contributed by atoms with Gasteiger partial charge in [0.05, 0.1) is 0 Å². The molecule has 0 aromatic carbocycles. The maximum absolute atomic E-state index is 0. The first-order valence-electron chi connectivity index (χ1n) is 0. The summed E-state index contributed by atoms with van der Waals surface area (Å²) in [5.41, 5.74) is 0. The van der Waals surface area contributed by atoms with E-state index in [4.69, 9.17) is 0 Å². The van der Waals surface area contributed by atoms with E-state index in [-0.39, 0.29) is 94.7 Å². The van der Waals surface area contributed by atoms with Crippen LogP contribution in [0.2, 0.25) is 0 Å². The molecule has 0 amide bonds. The summed E-state index contributed by atoms with van der Waals surface area (Å²) in [5.74, 6) is 0. The van der Waals surface area contributed by atoms with Crippen LogP contribution in [-0.2, 0) is 17.1 Å². The summed E-state index contributed by atoms with van der Waals surface area (Å²) in [5, 5.41) is 0. The van der Waals surface area contributed by atoms with Crippen molar-refractivity contribution in [2.75, 3.05) is 0 Å². The summed E-state index contributed by atoms with van der Waals surface area (Å²) in [4.78, 5) is 0. The van der Waals surface area contributed by atoms with Crippen molar-refractivity contribution in [2.45, 2.75) is 0 Å². The molecule has 0 rings (SSSR count). The molecule has 0 aromatic rings. The minimum absolute atomic E-state index is 0.